The number of hydrogen-bond donors (Lipinski definition) is 0. The Bertz CT molecular complexity index is 2730. The van der Waals surface area contributed by atoms with Gasteiger partial charge in [-0.25, -0.2) is 0 Å². The highest BCUT2D eigenvalue weighted by atomic mass is 15.2. The van der Waals surface area contributed by atoms with Gasteiger partial charge in [0.2, 0.25) is 0 Å². The summed E-state index contributed by atoms with van der Waals surface area (Å²) in [5.74, 6) is 0. The number of fused-ring (bicyclic) bond motifs is 3. The topological polar surface area (TPSA) is 6.48 Å². The van der Waals surface area contributed by atoms with E-state index in [1.54, 1.807) is 0 Å². The minimum absolute atomic E-state index is 1.10. The Kier molecular flexibility index (Phi) is 10.3. The maximum Gasteiger partial charge on any atom is 0.0620 e. The third-order valence-electron chi connectivity index (χ3n) is 11.7. The molecule has 2 heteroatoms. The van der Waals surface area contributed by atoms with Crippen LogP contribution in [-0.2, 0) is 12.8 Å². The minimum Gasteiger partial charge on any atom is -0.309 e. The van der Waals surface area contributed by atoms with Gasteiger partial charge in [-0.1, -0.05) is 170 Å². The molecule has 0 aliphatic heterocycles. The summed E-state index contributed by atoms with van der Waals surface area (Å²) in [4.78, 5) is 4.96. The van der Waals surface area contributed by atoms with E-state index in [1.165, 1.54) is 68.0 Å². The zero-order valence-electron chi connectivity index (χ0n) is 33.7. The van der Waals surface area contributed by atoms with Gasteiger partial charge in [0.15, 0.2) is 0 Å². The first-order valence-electron chi connectivity index (χ1n) is 21.1. The van der Waals surface area contributed by atoms with Crippen LogP contribution in [0, 0.1) is 0 Å². The summed E-state index contributed by atoms with van der Waals surface area (Å²) in [5, 5.41) is 4.92. The molecule has 0 heterocycles. The zero-order chi connectivity index (χ0) is 40.1. The van der Waals surface area contributed by atoms with Crippen molar-refractivity contribution >= 4 is 80.0 Å². The Morgan fingerprint density at radius 3 is 0.950 bits per heavy atom. The Balaban J connectivity index is 1.19. The Morgan fingerprint density at radius 1 is 0.283 bits per heavy atom. The Morgan fingerprint density at radius 2 is 0.583 bits per heavy atom. The van der Waals surface area contributed by atoms with Crippen molar-refractivity contribution in [3.8, 4) is 0 Å². The monoisotopic (exact) mass is 770 g/mol. The minimum atomic E-state index is 1.10. The number of para-hydroxylation sites is 2. The number of rotatable bonds is 10. The summed E-state index contributed by atoms with van der Waals surface area (Å²) in [6.07, 6.45) is 13.4. The number of aryl methyl sites for hydroxylation is 2. The molecule has 0 radical (unpaired) electrons. The lowest BCUT2D eigenvalue weighted by Gasteiger charge is -2.33. The van der Waals surface area contributed by atoms with Gasteiger partial charge in [-0.3, -0.25) is 0 Å². The molecule has 2 nitrogen and oxygen atoms in total. The van der Waals surface area contributed by atoms with E-state index in [0.717, 1.165) is 46.7 Å². The van der Waals surface area contributed by atoms with Crippen LogP contribution in [0.4, 0.5) is 34.1 Å². The maximum atomic E-state index is 2.53. The van der Waals surface area contributed by atoms with Crippen molar-refractivity contribution in [3.05, 3.63) is 240 Å². The molecule has 60 heavy (non-hydrogen) atoms. The average molecular weight is 771 g/mol. The molecule has 10 rings (SSSR count). The second-order valence-corrected chi connectivity index (χ2v) is 15.6. The van der Waals surface area contributed by atoms with E-state index < -0.39 is 0 Å². The fraction of sp³-hybridized carbons (Fsp3) is 0.0690. The quantitative estimate of drug-likeness (QED) is 0.0776. The molecule has 0 unspecified atom stereocenters. The summed E-state index contributed by atoms with van der Waals surface area (Å²) < 4.78 is 0. The number of benzene rings is 9. The molecule has 0 N–H and O–H groups in total. The largest absolute Gasteiger partial charge is 0.309 e. The van der Waals surface area contributed by atoms with Crippen LogP contribution in [0.1, 0.15) is 46.2 Å². The molecule has 0 bridgehead atoms. The van der Waals surface area contributed by atoms with Crippen LogP contribution in [0.25, 0.3) is 45.8 Å². The lowest BCUT2D eigenvalue weighted by molar-refractivity contribution is 0.687. The van der Waals surface area contributed by atoms with Crippen molar-refractivity contribution in [2.24, 2.45) is 0 Å². The molecule has 0 amide bonds. The Labute approximate surface area is 353 Å². The first kappa shape index (κ1) is 36.9. The number of anilines is 6. The zero-order valence-corrected chi connectivity index (χ0v) is 33.7. The highest BCUT2D eigenvalue weighted by Crippen LogP contribution is 2.52. The second-order valence-electron chi connectivity index (χ2n) is 15.6. The normalized spacial score (nSPS) is 12.6. The molecule has 0 saturated heterocycles. The van der Waals surface area contributed by atoms with E-state index in [2.05, 4.69) is 240 Å². The molecule has 0 fully saturated rings. The molecule has 288 valence electrons. The van der Waals surface area contributed by atoms with Crippen LogP contribution in [0.3, 0.4) is 0 Å². The van der Waals surface area contributed by atoms with Crippen LogP contribution >= 0.6 is 0 Å². The van der Waals surface area contributed by atoms with E-state index >= 15 is 0 Å². The van der Waals surface area contributed by atoms with Gasteiger partial charge in [0, 0.05) is 44.3 Å². The summed E-state index contributed by atoms with van der Waals surface area (Å²) in [6.45, 7) is 0. The molecule has 0 saturated carbocycles. The summed E-state index contributed by atoms with van der Waals surface area (Å²) in [6, 6.07) is 74.9. The van der Waals surface area contributed by atoms with Gasteiger partial charge in [-0.15, -0.1) is 0 Å². The van der Waals surface area contributed by atoms with E-state index in [1.807, 2.05) is 0 Å². The van der Waals surface area contributed by atoms with Gasteiger partial charge in [-0.2, -0.15) is 0 Å². The van der Waals surface area contributed by atoms with Gasteiger partial charge in [0.05, 0.1) is 11.4 Å². The van der Waals surface area contributed by atoms with Crippen LogP contribution in [0.2, 0.25) is 0 Å². The SMILES string of the molecule is C(=C\c1ccc(N(c2ccccc2)c2c3ccccc3c(N(c3ccccc3)c3ccc(/C=C/c4ccccc4)cc3)c3cc4c(cc23)CCCC4)cc1)/c1ccccc1. The van der Waals surface area contributed by atoms with Crippen molar-refractivity contribution in [1.29, 1.82) is 0 Å². The lowest BCUT2D eigenvalue weighted by Crippen LogP contribution is -2.15. The highest BCUT2D eigenvalue weighted by Gasteiger charge is 2.27. The molecule has 9 aromatic rings. The Hall–Kier alpha value is -7.42. The van der Waals surface area contributed by atoms with E-state index in [-0.39, 0.29) is 0 Å². The first-order chi connectivity index (χ1) is 29.8. The van der Waals surface area contributed by atoms with Crippen LogP contribution in [0.15, 0.2) is 206 Å². The van der Waals surface area contributed by atoms with Crippen molar-refractivity contribution in [2.75, 3.05) is 9.80 Å². The number of hydrogen-bond acceptors (Lipinski definition) is 2. The average Bonchev–Trinajstić information content (AvgIpc) is 3.32. The molecular weight excluding hydrogens is 725 g/mol. The van der Waals surface area contributed by atoms with Gasteiger partial charge < -0.3 is 9.80 Å². The van der Waals surface area contributed by atoms with E-state index in [9.17, 15) is 0 Å². The third-order valence-corrected chi connectivity index (χ3v) is 11.7. The fourth-order valence-corrected chi connectivity index (χ4v) is 8.80. The summed E-state index contributed by atoms with van der Waals surface area (Å²) in [7, 11) is 0. The van der Waals surface area contributed by atoms with Gasteiger partial charge in [-0.05, 0) is 120 Å². The maximum absolute atomic E-state index is 2.53. The molecule has 9 aromatic carbocycles. The molecule has 0 spiro atoms. The molecule has 0 atom stereocenters. The molecule has 1 aliphatic carbocycles. The van der Waals surface area contributed by atoms with Crippen molar-refractivity contribution in [3.63, 3.8) is 0 Å². The molecular formula is C58H46N2. The number of nitrogens with zero attached hydrogens (tertiary/aromatic N) is 2. The van der Waals surface area contributed by atoms with Crippen LogP contribution < -0.4 is 9.80 Å². The predicted octanol–water partition coefficient (Wildman–Crippen LogP) is 16.2. The summed E-state index contributed by atoms with van der Waals surface area (Å²) in [5.41, 5.74) is 14.5. The fourth-order valence-electron chi connectivity index (χ4n) is 8.80. The summed E-state index contributed by atoms with van der Waals surface area (Å²) >= 11 is 0. The molecule has 0 aromatic heterocycles. The van der Waals surface area contributed by atoms with Crippen molar-refractivity contribution in [2.45, 2.75) is 25.7 Å². The highest BCUT2D eigenvalue weighted by molar-refractivity contribution is 6.23. The van der Waals surface area contributed by atoms with E-state index in [0.29, 0.717) is 0 Å². The van der Waals surface area contributed by atoms with Crippen LogP contribution in [-0.4, -0.2) is 0 Å². The van der Waals surface area contributed by atoms with Crippen molar-refractivity contribution < 1.29 is 0 Å². The standard InChI is InChI=1S/C58H46N2/c1-5-17-43(18-6-1)29-31-45-33-37-51(38-34-45)59(49-23-9-3-10-24-49)57-53-27-15-16-28-54(53)58(56-42-48-22-14-13-21-47(48)41-55(56)57)60(50-25-11-4-12-26-50)52-39-35-46(36-40-52)32-30-44-19-7-2-8-20-44/h1-12,15-20,23-42H,13-14,21-22H2/b31-29+,32-30+. The lowest BCUT2D eigenvalue weighted by atomic mass is 9.86. The third kappa shape index (κ3) is 7.52. The van der Waals surface area contributed by atoms with Crippen LogP contribution in [0.5, 0.6) is 0 Å². The second kappa shape index (κ2) is 16.8. The first-order valence-corrected chi connectivity index (χ1v) is 21.1. The smallest absolute Gasteiger partial charge is 0.0620 e. The predicted molar refractivity (Wildman–Crippen MR) is 258 cm³/mol. The van der Waals surface area contributed by atoms with E-state index in [4.69, 9.17) is 0 Å². The van der Waals surface area contributed by atoms with Gasteiger partial charge in [0.25, 0.3) is 0 Å². The van der Waals surface area contributed by atoms with Gasteiger partial charge in [0.1, 0.15) is 0 Å². The van der Waals surface area contributed by atoms with Crippen molar-refractivity contribution in [1.82, 2.24) is 0 Å². The molecule has 1 aliphatic rings. The van der Waals surface area contributed by atoms with Gasteiger partial charge >= 0.3 is 0 Å².